The molecule has 220 valence electrons. The van der Waals surface area contributed by atoms with Gasteiger partial charge in [-0.2, -0.15) is 0 Å². The lowest BCUT2D eigenvalue weighted by Gasteiger charge is -2.39. The SMILES string of the molecule is CC(=O)Nc1ccc(N2CCC(CN3CCN(c4ccc5c(c4)C(=O)N(C4CCC(=O)NC4=O)C5=O)CC3)CC2)nn1. The van der Waals surface area contributed by atoms with Crippen LogP contribution in [-0.2, 0) is 14.4 Å². The van der Waals surface area contributed by atoms with E-state index < -0.39 is 23.8 Å². The summed E-state index contributed by atoms with van der Waals surface area (Å²) in [4.78, 5) is 69.2. The molecule has 1 aromatic carbocycles. The van der Waals surface area contributed by atoms with E-state index in [0.29, 0.717) is 22.9 Å². The molecule has 0 spiro atoms. The molecule has 0 radical (unpaired) electrons. The number of anilines is 3. The van der Waals surface area contributed by atoms with Gasteiger partial charge in [0.2, 0.25) is 17.7 Å². The van der Waals surface area contributed by atoms with Crippen LogP contribution in [0.1, 0.15) is 53.3 Å². The molecule has 13 nitrogen and oxygen atoms in total. The van der Waals surface area contributed by atoms with Crippen molar-refractivity contribution in [2.24, 2.45) is 5.92 Å². The van der Waals surface area contributed by atoms with E-state index in [1.165, 1.54) is 6.92 Å². The van der Waals surface area contributed by atoms with Crippen molar-refractivity contribution >= 4 is 46.9 Å². The number of nitrogens with one attached hydrogen (secondary N) is 2. The largest absolute Gasteiger partial charge is 0.369 e. The first-order chi connectivity index (χ1) is 20.3. The quantitative estimate of drug-likeness (QED) is 0.476. The number of carbonyl (C=O) groups excluding carboxylic acids is 5. The van der Waals surface area contributed by atoms with Gasteiger partial charge in [-0.25, -0.2) is 0 Å². The summed E-state index contributed by atoms with van der Waals surface area (Å²) in [7, 11) is 0. The van der Waals surface area contributed by atoms with Crippen molar-refractivity contribution in [3.8, 4) is 0 Å². The first-order valence-electron chi connectivity index (χ1n) is 14.5. The average Bonchev–Trinajstić information content (AvgIpc) is 3.23. The highest BCUT2D eigenvalue weighted by Gasteiger charge is 2.44. The Hall–Kier alpha value is -4.39. The smallest absolute Gasteiger partial charge is 0.262 e. The van der Waals surface area contributed by atoms with Gasteiger partial charge < -0.3 is 15.1 Å². The summed E-state index contributed by atoms with van der Waals surface area (Å²) in [5, 5.41) is 13.2. The van der Waals surface area contributed by atoms with Crippen LogP contribution < -0.4 is 20.4 Å². The lowest BCUT2D eigenvalue weighted by atomic mass is 9.96. The zero-order valence-corrected chi connectivity index (χ0v) is 23.5. The highest BCUT2D eigenvalue weighted by molar-refractivity contribution is 6.23. The molecule has 5 amide bonds. The van der Waals surface area contributed by atoms with Gasteiger partial charge in [0.25, 0.3) is 11.8 Å². The number of hydrogen-bond donors (Lipinski definition) is 2. The molecule has 0 aliphatic carbocycles. The fourth-order valence-electron chi connectivity index (χ4n) is 6.30. The number of piperazine rings is 1. The molecule has 6 rings (SSSR count). The number of hydrogen-bond acceptors (Lipinski definition) is 10. The van der Waals surface area contributed by atoms with E-state index in [1.807, 2.05) is 12.1 Å². The van der Waals surface area contributed by atoms with Gasteiger partial charge in [-0.05, 0) is 55.5 Å². The van der Waals surface area contributed by atoms with E-state index in [2.05, 4.69) is 35.5 Å². The minimum Gasteiger partial charge on any atom is -0.369 e. The maximum Gasteiger partial charge on any atom is 0.262 e. The van der Waals surface area contributed by atoms with Crippen molar-refractivity contribution in [1.82, 2.24) is 25.3 Å². The summed E-state index contributed by atoms with van der Waals surface area (Å²) in [6.45, 7) is 7.74. The minimum atomic E-state index is -0.961. The van der Waals surface area contributed by atoms with E-state index in [-0.39, 0.29) is 24.7 Å². The van der Waals surface area contributed by atoms with Crippen molar-refractivity contribution in [2.75, 3.05) is 60.9 Å². The predicted octanol–water partition coefficient (Wildman–Crippen LogP) is 0.875. The van der Waals surface area contributed by atoms with Gasteiger partial charge in [0.15, 0.2) is 11.6 Å². The Morgan fingerprint density at radius 1 is 0.881 bits per heavy atom. The van der Waals surface area contributed by atoms with Crippen molar-refractivity contribution < 1.29 is 24.0 Å². The highest BCUT2D eigenvalue weighted by Crippen LogP contribution is 2.31. The van der Waals surface area contributed by atoms with E-state index in [9.17, 15) is 24.0 Å². The number of rotatable bonds is 6. The van der Waals surface area contributed by atoms with Gasteiger partial charge in [-0.1, -0.05) is 0 Å². The Bertz CT molecular complexity index is 1410. The Kier molecular flexibility index (Phi) is 7.58. The first kappa shape index (κ1) is 27.8. The lowest BCUT2D eigenvalue weighted by molar-refractivity contribution is -0.136. The second-order valence-electron chi connectivity index (χ2n) is 11.4. The fourth-order valence-corrected chi connectivity index (χ4v) is 6.30. The number of piperidine rings is 2. The van der Waals surface area contributed by atoms with Crippen molar-refractivity contribution in [1.29, 1.82) is 0 Å². The summed E-state index contributed by atoms with van der Waals surface area (Å²) < 4.78 is 0. The van der Waals surface area contributed by atoms with Crippen molar-refractivity contribution in [3.05, 3.63) is 41.5 Å². The third kappa shape index (κ3) is 5.56. The summed E-state index contributed by atoms with van der Waals surface area (Å²) in [6, 6.07) is 8.02. The standard InChI is InChI=1S/C29H34N8O5/c1-18(38)30-24-5-6-25(33-32-24)36-10-8-19(9-11-36)17-34-12-14-35(15-13-34)20-2-3-21-22(16-20)29(42)37(28(21)41)23-4-7-26(39)31-27(23)40/h2-3,5-6,16,19,23H,4,7-15,17H2,1H3,(H,30,32,38)(H,31,39,40). The van der Waals surface area contributed by atoms with Gasteiger partial charge in [-0.3, -0.25) is 39.1 Å². The van der Waals surface area contributed by atoms with Crippen LogP contribution in [0.3, 0.4) is 0 Å². The average molecular weight is 575 g/mol. The number of benzene rings is 1. The van der Waals surface area contributed by atoms with Crippen molar-refractivity contribution in [3.63, 3.8) is 0 Å². The molecule has 3 saturated heterocycles. The predicted molar refractivity (Wildman–Crippen MR) is 153 cm³/mol. The Labute approximate surface area is 243 Å². The van der Waals surface area contributed by atoms with Crippen LogP contribution in [0.5, 0.6) is 0 Å². The van der Waals surface area contributed by atoms with E-state index >= 15 is 0 Å². The molecule has 0 bridgehead atoms. The van der Waals surface area contributed by atoms with E-state index in [4.69, 9.17) is 0 Å². The second-order valence-corrected chi connectivity index (χ2v) is 11.4. The van der Waals surface area contributed by atoms with Gasteiger partial charge in [0, 0.05) is 64.8 Å². The Morgan fingerprint density at radius 3 is 2.29 bits per heavy atom. The zero-order valence-electron chi connectivity index (χ0n) is 23.5. The highest BCUT2D eigenvalue weighted by atomic mass is 16.2. The lowest BCUT2D eigenvalue weighted by Crippen LogP contribution is -2.54. The molecule has 0 saturated carbocycles. The fraction of sp³-hybridized carbons (Fsp3) is 0.483. The Morgan fingerprint density at radius 2 is 1.62 bits per heavy atom. The van der Waals surface area contributed by atoms with Crippen LogP contribution in [0.4, 0.5) is 17.3 Å². The summed E-state index contributed by atoms with van der Waals surface area (Å²) in [5.41, 5.74) is 1.50. The monoisotopic (exact) mass is 574 g/mol. The molecule has 1 atom stereocenters. The molecular formula is C29H34N8O5. The topological polar surface area (TPSA) is 148 Å². The zero-order chi connectivity index (χ0) is 29.4. The van der Waals surface area contributed by atoms with Gasteiger partial charge in [-0.15, -0.1) is 10.2 Å². The molecule has 2 N–H and O–H groups in total. The van der Waals surface area contributed by atoms with Gasteiger partial charge in [0.1, 0.15) is 6.04 Å². The normalized spacial score (nSPS) is 21.9. The number of imide groups is 2. The number of nitrogens with zero attached hydrogens (tertiary/aromatic N) is 6. The molecular weight excluding hydrogens is 540 g/mol. The third-order valence-corrected chi connectivity index (χ3v) is 8.57. The molecule has 5 heterocycles. The van der Waals surface area contributed by atoms with Crippen LogP contribution in [0.25, 0.3) is 0 Å². The van der Waals surface area contributed by atoms with Crippen molar-refractivity contribution in [2.45, 2.75) is 38.6 Å². The van der Waals surface area contributed by atoms with Gasteiger partial charge >= 0.3 is 0 Å². The molecule has 4 aliphatic heterocycles. The number of fused-ring (bicyclic) bond motifs is 1. The summed E-state index contributed by atoms with van der Waals surface area (Å²) in [6.07, 6.45) is 2.38. The molecule has 1 unspecified atom stereocenters. The molecule has 2 aromatic rings. The third-order valence-electron chi connectivity index (χ3n) is 8.57. The van der Waals surface area contributed by atoms with Gasteiger partial charge in [0.05, 0.1) is 11.1 Å². The first-order valence-corrected chi connectivity index (χ1v) is 14.5. The van der Waals surface area contributed by atoms with Crippen LogP contribution in [-0.4, -0.2) is 101 Å². The van der Waals surface area contributed by atoms with E-state index in [0.717, 1.165) is 75.1 Å². The number of carbonyl (C=O) groups is 5. The Balaban J connectivity index is 0.997. The maximum absolute atomic E-state index is 13.2. The minimum absolute atomic E-state index is 0.0992. The van der Waals surface area contributed by atoms with Crippen LogP contribution in [0, 0.1) is 5.92 Å². The molecule has 13 heteroatoms. The molecule has 3 fully saturated rings. The number of aromatic nitrogens is 2. The van der Waals surface area contributed by atoms with Crippen LogP contribution in [0.2, 0.25) is 0 Å². The van der Waals surface area contributed by atoms with E-state index in [1.54, 1.807) is 18.2 Å². The maximum atomic E-state index is 13.2. The molecule has 1 aromatic heterocycles. The summed E-state index contributed by atoms with van der Waals surface area (Å²) in [5.74, 6) is -0.251. The van der Waals surface area contributed by atoms with Crippen LogP contribution in [0.15, 0.2) is 30.3 Å². The second kappa shape index (κ2) is 11.5. The molecule has 42 heavy (non-hydrogen) atoms. The summed E-state index contributed by atoms with van der Waals surface area (Å²) >= 11 is 0. The van der Waals surface area contributed by atoms with Crippen LogP contribution >= 0.6 is 0 Å². The molecule has 4 aliphatic rings. The number of amides is 5.